The number of benzene rings is 1. The molecule has 0 unspecified atom stereocenters. The van der Waals surface area contributed by atoms with Crippen LogP contribution in [-0.2, 0) is 0 Å². The minimum absolute atomic E-state index is 0.610. The predicted octanol–water partition coefficient (Wildman–Crippen LogP) is 3.50. The molecule has 0 saturated heterocycles. The average molecular weight is 315 g/mol. The molecule has 4 nitrogen and oxygen atoms in total. The SMILES string of the molecule is CNc1nc(-c2ccc3ccccc3n2)ncc1Br. The van der Waals surface area contributed by atoms with E-state index in [1.807, 2.05) is 43.4 Å². The van der Waals surface area contributed by atoms with Crippen LogP contribution in [0.3, 0.4) is 0 Å². The van der Waals surface area contributed by atoms with Gasteiger partial charge < -0.3 is 5.32 Å². The van der Waals surface area contributed by atoms with Crippen molar-refractivity contribution in [2.24, 2.45) is 0 Å². The van der Waals surface area contributed by atoms with Crippen LogP contribution in [0.1, 0.15) is 0 Å². The van der Waals surface area contributed by atoms with Gasteiger partial charge in [0, 0.05) is 18.6 Å². The third-order valence-corrected chi connectivity index (χ3v) is 3.39. The second-order valence-corrected chi connectivity index (χ2v) is 4.88. The van der Waals surface area contributed by atoms with E-state index in [0.29, 0.717) is 5.82 Å². The molecule has 94 valence electrons. The molecule has 0 saturated carbocycles. The van der Waals surface area contributed by atoms with Gasteiger partial charge >= 0.3 is 0 Å². The van der Waals surface area contributed by atoms with Gasteiger partial charge in [0.15, 0.2) is 5.82 Å². The molecule has 0 amide bonds. The zero-order chi connectivity index (χ0) is 13.2. The quantitative estimate of drug-likeness (QED) is 0.786. The molecule has 0 atom stereocenters. The van der Waals surface area contributed by atoms with Gasteiger partial charge in [0.2, 0.25) is 0 Å². The van der Waals surface area contributed by atoms with Crippen LogP contribution in [-0.4, -0.2) is 22.0 Å². The Labute approximate surface area is 119 Å². The Bertz CT molecular complexity index is 742. The van der Waals surface area contributed by atoms with Crippen LogP contribution in [0.25, 0.3) is 22.4 Å². The van der Waals surface area contributed by atoms with Crippen molar-refractivity contribution in [2.75, 3.05) is 12.4 Å². The summed E-state index contributed by atoms with van der Waals surface area (Å²) in [6.45, 7) is 0. The van der Waals surface area contributed by atoms with Gasteiger partial charge in [-0.05, 0) is 28.1 Å². The number of halogens is 1. The highest BCUT2D eigenvalue weighted by atomic mass is 79.9. The fourth-order valence-electron chi connectivity index (χ4n) is 1.86. The molecule has 0 fully saturated rings. The van der Waals surface area contributed by atoms with E-state index >= 15 is 0 Å². The largest absolute Gasteiger partial charge is 0.372 e. The number of para-hydroxylation sites is 1. The van der Waals surface area contributed by atoms with E-state index in [1.165, 1.54) is 0 Å². The summed E-state index contributed by atoms with van der Waals surface area (Å²) in [5.74, 6) is 1.36. The van der Waals surface area contributed by atoms with Crippen molar-refractivity contribution in [2.45, 2.75) is 0 Å². The van der Waals surface area contributed by atoms with Crippen LogP contribution in [0.4, 0.5) is 5.82 Å². The third kappa shape index (κ3) is 2.29. The first-order chi connectivity index (χ1) is 9.28. The summed E-state index contributed by atoms with van der Waals surface area (Å²) in [6.07, 6.45) is 1.73. The lowest BCUT2D eigenvalue weighted by molar-refractivity contribution is 1.13. The van der Waals surface area contributed by atoms with E-state index < -0.39 is 0 Å². The number of nitrogens with one attached hydrogen (secondary N) is 1. The normalized spacial score (nSPS) is 10.6. The molecule has 0 spiro atoms. The van der Waals surface area contributed by atoms with Crippen LogP contribution < -0.4 is 5.32 Å². The number of anilines is 1. The van der Waals surface area contributed by atoms with E-state index in [1.54, 1.807) is 6.20 Å². The molecular weight excluding hydrogens is 304 g/mol. The van der Waals surface area contributed by atoms with Crippen LogP contribution >= 0.6 is 15.9 Å². The van der Waals surface area contributed by atoms with Crippen LogP contribution in [0, 0.1) is 0 Å². The molecule has 0 radical (unpaired) electrons. The van der Waals surface area contributed by atoms with Gasteiger partial charge in [0.25, 0.3) is 0 Å². The number of hydrogen-bond donors (Lipinski definition) is 1. The fraction of sp³-hybridized carbons (Fsp3) is 0.0714. The smallest absolute Gasteiger partial charge is 0.180 e. The van der Waals surface area contributed by atoms with Crippen LogP contribution in [0.2, 0.25) is 0 Å². The second-order valence-electron chi connectivity index (χ2n) is 4.03. The first-order valence-corrected chi connectivity index (χ1v) is 6.63. The molecule has 0 aliphatic rings. The minimum Gasteiger partial charge on any atom is -0.372 e. The molecule has 1 N–H and O–H groups in total. The summed E-state index contributed by atoms with van der Waals surface area (Å²) in [4.78, 5) is 13.3. The minimum atomic E-state index is 0.610. The molecule has 2 heterocycles. The van der Waals surface area contributed by atoms with Crippen molar-refractivity contribution < 1.29 is 0 Å². The highest BCUT2D eigenvalue weighted by Crippen LogP contribution is 2.23. The molecule has 0 aliphatic heterocycles. The standard InChI is InChI=1S/C14H11BrN4/c1-16-13-10(15)8-17-14(19-13)12-7-6-9-4-2-3-5-11(9)18-12/h2-8H,1H3,(H,16,17,19). The molecule has 5 heteroatoms. The van der Waals surface area contributed by atoms with E-state index in [9.17, 15) is 0 Å². The molecule has 3 rings (SSSR count). The Kier molecular flexibility index (Phi) is 3.13. The molecule has 19 heavy (non-hydrogen) atoms. The maximum atomic E-state index is 4.58. The van der Waals surface area contributed by atoms with Crippen LogP contribution in [0.5, 0.6) is 0 Å². The average Bonchev–Trinajstić information content (AvgIpc) is 2.47. The molecule has 1 aromatic carbocycles. The van der Waals surface area contributed by atoms with Crippen molar-refractivity contribution >= 4 is 32.7 Å². The van der Waals surface area contributed by atoms with Crippen molar-refractivity contribution in [1.29, 1.82) is 0 Å². The number of fused-ring (bicyclic) bond motifs is 1. The van der Waals surface area contributed by atoms with E-state index in [0.717, 1.165) is 26.9 Å². The maximum absolute atomic E-state index is 4.58. The van der Waals surface area contributed by atoms with Gasteiger partial charge in [0.05, 0.1) is 9.99 Å². The summed E-state index contributed by atoms with van der Waals surface area (Å²) in [6, 6.07) is 12.0. The van der Waals surface area contributed by atoms with Gasteiger partial charge in [-0.15, -0.1) is 0 Å². The van der Waals surface area contributed by atoms with Crippen molar-refractivity contribution in [3.63, 3.8) is 0 Å². The maximum Gasteiger partial charge on any atom is 0.180 e. The second kappa shape index (κ2) is 4.93. The van der Waals surface area contributed by atoms with Gasteiger partial charge in [-0.2, -0.15) is 0 Å². The van der Waals surface area contributed by atoms with E-state index in [4.69, 9.17) is 0 Å². The van der Waals surface area contributed by atoms with Gasteiger partial charge in [-0.25, -0.2) is 15.0 Å². The molecule has 0 aliphatic carbocycles. The summed E-state index contributed by atoms with van der Waals surface area (Å²) in [7, 11) is 1.82. The Balaban J connectivity index is 2.13. The first kappa shape index (κ1) is 12.0. The number of hydrogen-bond acceptors (Lipinski definition) is 4. The Morgan fingerprint density at radius 3 is 2.74 bits per heavy atom. The van der Waals surface area contributed by atoms with Crippen molar-refractivity contribution in [1.82, 2.24) is 15.0 Å². The number of nitrogens with zero attached hydrogens (tertiary/aromatic N) is 3. The van der Waals surface area contributed by atoms with Crippen LogP contribution in [0.15, 0.2) is 47.1 Å². The highest BCUT2D eigenvalue weighted by molar-refractivity contribution is 9.10. The Morgan fingerprint density at radius 2 is 1.89 bits per heavy atom. The summed E-state index contributed by atoms with van der Waals surface area (Å²) < 4.78 is 0.833. The highest BCUT2D eigenvalue weighted by Gasteiger charge is 2.07. The summed E-state index contributed by atoms with van der Waals surface area (Å²) >= 11 is 3.40. The van der Waals surface area contributed by atoms with Crippen molar-refractivity contribution in [3.05, 3.63) is 47.1 Å². The molecule has 3 aromatic rings. The number of rotatable bonds is 2. The Hall–Kier alpha value is -2.01. The van der Waals surface area contributed by atoms with Gasteiger partial charge in [-0.1, -0.05) is 24.3 Å². The Morgan fingerprint density at radius 1 is 1.05 bits per heavy atom. The molecular formula is C14H11BrN4. The topological polar surface area (TPSA) is 50.7 Å². The van der Waals surface area contributed by atoms with E-state index in [2.05, 4.69) is 36.2 Å². The number of aromatic nitrogens is 3. The monoisotopic (exact) mass is 314 g/mol. The fourth-order valence-corrected chi connectivity index (χ4v) is 2.25. The third-order valence-electron chi connectivity index (χ3n) is 2.81. The zero-order valence-corrected chi connectivity index (χ0v) is 11.8. The lowest BCUT2D eigenvalue weighted by Gasteiger charge is -2.05. The molecule has 0 bridgehead atoms. The van der Waals surface area contributed by atoms with Crippen molar-refractivity contribution in [3.8, 4) is 11.5 Å². The summed E-state index contributed by atoms with van der Waals surface area (Å²) in [5, 5.41) is 4.13. The number of pyridine rings is 1. The lowest BCUT2D eigenvalue weighted by Crippen LogP contribution is -1.98. The summed E-state index contributed by atoms with van der Waals surface area (Å²) in [5.41, 5.74) is 1.71. The molecule has 2 aromatic heterocycles. The lowest BCUT2D eigenvalue weighted by atomic mass is 10.2. The van der Waals surface area contributed by atoms with Gasteiger partial charge in [0.1, 0.15) is 11.5 Å². The first-order valence-electron chi connectivity index (χ1n) is 5.84. The predicted molar refractivity (Wildman–Crippen MR) is 80.0 cm³/mol. The zero-order valence-electron chi connectivity index (χ0n) is 10.3. The van der Waals surface area contributed by atoms with Gasteiger partial charge in [-0.3, -0.25) is 0 Å². The van der Waals surface area contributed by atoms with E-state index in [-0.39, 0.29) is 0 Å².